The van der Waals surface area contributed by atoms with Crippen molar-refractivity contribution >= 4 is 55.9 Å². The molecule has 0 unspecified atom stereocenters. The first-order chi connectivity index (χ1) is 32.2. The van der Waals surface area contributed by atoms with Gasteiger partial charge in [0.15, 0.2) is 0 Å². The van der Waals surface area contributed by atoms with Crippen molar-refractivity contribution < 1.29 is 0 Å². The molecule has 3 aromatic heterocycles. The Morgan fingerprint density at radius 3 is 1.37 bits per heavy atom. The van der Waals surface area contributed by atoms with Gasteiger partial charge in [0, 0.05) is 73.3 Å². The van der Waals surface area contributed by atoms with Crippen molar-refractivity contribution in [2.24, 2.45) is 0 Å². The minimum Gasteiger partial charge on any atom is -0.380 e. The van der Waals surface area contributed by atoms with Crippen LogP contribution in [0.3, 0.4) is 0 Å². The quantitative estimate of drug-likeness (QED) is 0.0982. The monoisotopic (exact) mass is 852 g/mol. The smallest absolute Gasteiger partial charge is 0.0965 e. The van der Waals surface area contributed by atoms with Gasteiger partial charge in [0.1, 0.15) is 0 Å². The van der Waals surface area contributed by atoms with Crippen LogP contribution in [0.15, 0.2) is 249 Å². The second kappa shape index (κ2) is 17.6. The van der Waals surface area contributed by atoms with Crippen LogP contribution in [0.25, 0.3) is 43.4 Å². The molecule has 0 saturated carbocycles. The number of nitrogens with one attached hydrogen (secondary N) is 1. The average Bonchev–Trinajstić information content (AvgIpc) is 3.87. The van der Waals surface area contributed by atoms with E-state index in [-0.39, 0.29) is 0 Å². The second-order valence-electron chi connectivity index (χ2n) is 16.3. The van der Waals surface area contributed by atoms with Crippen LogP contribution < -0.4 is 10.2 Å². The van der Waals surface area contributed by atoms with Crippen molar-refractivity contribution in [2.45, 2.75) is 12.0 Å². The summed E-state index contributed by atoms with van der Waals surface area (Å²) in [6.45, 7) is 0.726. The maximum absolute atomic E-state index is 5.00. The molecule has 4 nitrogen and oxygen atoms in total. The van der Waals surface area contributed by atoms with Gasteiger partial charge >= 0.3 is 0 Å². The van der Waals surface area contributed by atoms with Gasteiger partial charge in [-0.1, -0.05) is 164 Å². The van der Waals surface area contributed by atoms with Gasteiger partial charge in [-0.15, -0.1) is 11.3 Å². The number of thiophene rings is 1. The van der Waals surface area contributed by atoms with E-state index in [2.05, 4.69) is 235 Å². The Hall–Kier alpha value is -8.12. The summed E-state index contributed by atoms with van der Waals surface area (Å²) in [5.74, 6) is 0. The Labute approximate surface area is 383 Å². The van der Waals surface area contributed by atoms with Crippen LogP contribution in [0.2, 0.25) is 0 Å². The lowest BCUT2D eigenvalue weighted by molar-refractivity contribution is 0.745. The molecule has 5 heteroatoms. The van der Waals surface area contributed by atoms with Gasteiger partial charge in [-0.3, -0.25) is 9.97 Å². The van der Waals surface area contributed by atoms with Crippen molar-refractivity contribution in [3.05, 3.63) is 276 Å². The summed E-state index contributed by atoms with van der Waals surface area (Å²) in [5.41, 5.74) is 14.0. The molecule has 0 atom stereocenters. The first kappa shape index (κ1) is 39.7. The molecule has 3 heterocycles. The van der Waals surface area contributed by atoms with E-state index < -0.39 is 5.41 Å². The highest BCUT2D eigenvalue weighted by Gasteiger charge is 2.38. The van der Waals surface area contributed by atoms with Crippen molar-refractivity contribution in [1.82, 2.24) is 9.97 Å². The van der Waals surface area contributed by atoms with Crippen LogP contribution in [0.5, 0.6) is 0 Å². The molecule has 1 N–H and O–H groups in total. The number of rotatable bonds is 12. The second-order valence-corrected chi connectivity index (χ2v) is 17.4. The van der Waals surface area contributed by atoms with E-state index in [1.165, 1.54) is 32.0 Å². The molecule has 0 aliphatic rings. The maximum atomic E-state index is 5.00. The number of aromatic nitrogens is 2. The highest BCUT2D eigenvalue weighted by atomic mass is 32.1. The van der Waals surface area contributed by atoms with Gasteiger partial charge < -0.3 is 10.2 Å². The fourth-order valence-corrected chi connectivity index (χ4v) is 10.1. The molecule has 0 radical (unpaired) electrons. The summed E-state index contributed by atoms with van der Waals surface area (Å²) in [4.78, 5) is 14.7. The van der Waals surface area contributed by atoms with Crippen LogP contribution in [0.4, 0.5) is 22.7 Å². The Bertz CT molecular complexity index is 3200. The first-order valence-electron chi connectivity index (χ1n) is 22.0. The van der Waals surface area contributed by atoms with E-state index in [1.54, 1.807) is 11.3 Å². The third-order valence-corrected chi connectivity index (χ3v) is 13.5. The predicted octanol–water partition coefficient (Wildman–Crippen LogP) is 15.6. The molecule has 0 aliphatic carbocycles. The molecule has 11 rings (SSSR count). The fourth-order valence-electron chi connectivity index (χ4n) is 9.21. The number of nitrogens with zero attached hydrogens (tertiary/aromatic N) is 3. The largest absolute Gasteiger partial charge is 0.380 e. The van der Waals surface area contributed by atoms with Gasteiger partial charge in [-0.2, -0.15) is 0 Å². The lowest BCUT2D eigenvalue weighted by Crippen LogP contribution is -2.30. The van der Waals surface area contributed by atoms with Crippen LogP contribution in [-0.2, 0) is 12.0 Å². The van der Waals surface area contributed by atoms with Crippen molar-refractivity contribution in [3.8, 4) is 21.6 Å². The van der Waals surface area contributed by atoms with E-state index in [1.807, 2.05) is 24.5 Å². The van der Waals surface area contributed by atoms with Crippen LogP contribution in [-0.4, -0.2) is 9.97 Å². The highest BCUT2D eigenvalue weighted by molar-refractivity contribution is 7.15. The third kappa shape index (κ3) is 7.73. The number of benzene rings is 8. The minimum atomic E-state index is -0.466. The van der Waals surface area contributed by atoms with Crippen LogP contribution in [0.1, 0.15) is 27.1 Å². The third-order valence-electron chi connectivity index (χ3n) is 12.3. The zero-order valence-corrected chi connectivity index (χ0v) is 36.4. The van der Waals surface area contributed by atoms with Gasteiger partial charge in [-0.25, -0.2) is 0 Å². The Morgan fingerprint density at radius 1 is 0.400 bits per heavy atom. The van der Waals surface area contributed by atoms with E-state index in [0.29, 0.717) is 0 Å². The first-order valence-corrected chi connectivity index (χ1v) is 22.8. The van der Waals surface area contributed by atoms with E-state index in [4.69, 9.17) is 9.97 Å². The number of anilines is 4. The molecule has 0 amide bonds. The van der Waals surface area contributed by atoms with E-state index >= 15 is 0 Å². The van der Waals surface area contributed by atoms with Crippen molar-refractivity contribution in [1.29, 1.82) is 0 Å². The molecular weight excluding hydrogens is 809 g/mol. The molecule has 0 spiro atoms. The highest BCUT2D eigenvalue weighted by Crippen LogP contribution is 2.45. The zero-order valence-electron chi connectivity index (χ0n) is 35.6. The summed E-state index contributed by atoms with van der Waals surface area (Å²) in [5, 5.41) is 5.84. The van der Waals surface area contributed by atoms with Crippen molar-refractivity contribution in [3.63, 3.8) is 0 Å². The molecule has 310 valence electrons. The number of hydrogen-bond acceptors (Lipinski definition) is 5. The number of hydrogen-bond donors (Lipinski definition) is 1. The maximum Gasteiger partial charge on any atom is 0.0965 e. The van der Waals surface area contributed by atoms with Crippen molar-refractivity contribution in [2.75, 3.05) is 10.2 Å². The lowest BCUT2D eigenvalue weighted by Gasteiger charge is -2.37. The summed E-state index contributed by atoms with van der Waals surface area (Å²) < 4.78 is 0. The van der Waals surface area contributed by atoms with Gasteiger partial charge in [0.25, 0.3) is 0 Å². The summed E-state index contributed by atoms with van der Waals surface area (Å²) in [6.07, 6.45) is 3.96. The zero-order chi connectivity index (χ0) is 43.4. The van der Waals surface area contributed by atoms with E-state index in [9.17, 15) is 0 Å². The minimum absolute atomic E-state index is 0.466. The normalized spacial score (nSPS) is 11.4. The topological polar surface area (TPSA) is 41.1 Å². The molecule has 8 aromatic carbocycles. The SMILES string of the molecule is c1ccc(N(c2ccccc2)c2ccc(-c3cnc4c(ccc5cc(-c6ccc(CNc7ccc(C(c8ccccc8)(c8ccccc8)c8ccccc8)cc7)s6)cnc54)c3)cc2)cc1. The molecule has 65 heavy (non-hydrogen) atoms. The molecular formula is C60H44N4S. The standard InChI is InChI=1S/C60H44N4S/c1-6-16-48(17-7-1)60(49-18-8-2-9-19-49,50-20-10-3-11-21-50)51-30-32-52(33-31-51)61-42-56-36-37-57(65-56)47-39-45-27-26-44-38-46(40-62-58(44)59(45)63-41-47)43-28-34-55(35-29-43)64(53-22-12-4-13-23-53)54-24-14-5-15-25-54/h1-41,61H,42H2. The molecule has 0 bridgehead atoms. The van der Waals surface area contributed by atoms with Gasteiger partial charge in [-0.05, 0) is 101 Å². The molecule has 0 saturated heterocycles. The van der Waals surface area contributed by atoms with Crippen LogP contribution >= 0.6 is 11.3 Å². The Morgan fingerprint density at radius 2 is 0.846 bits per heavy atom. The van der Waals surface area contributed by atoms with Crippen LogP contribution in [0, 0.1) is 0 Å². The number of pyridine rings is 2. The molecule has 0 fully saturated rings. The van der Waals surface area contributed by atoms with Gasteiger partial charge in [0.2, 0.25) is 0 Å². The number of fused-ring (bicyclic) bond motifs is 3. The predicted molar refractivity (Wildman–Crippen MR) is 273 cm³/mol. The summed E-state index contributed by atoms with van der Waals surface area (Å²) in [7, 11) is 0. The van der Waals surface area contributed by atoms with Gasteiger partial charge in [0.05, 0.1) is 16.4 Å². The Kier molecular flexibility index (Phi) is 10.7. The van der Waals surface area contributed by atoms with E-state index in [0.717, 1.165) is 67.8 Å². The Balaban J connectivity index is 0.808. The summed E-state index contributed by atoms with van der Waals surface area (Å²) >= 11 is 1.80. The average molecular weight is 853 g/mol. The lowest BCUT2D eigenvalue weighted by atomic mass is 9.65. The fraction of sp³-hybridized carbons (Fsp3) is 0.0333. The molecule has 0 aliphatic heterocycles. The summed E-state index contributed by atoms with van der Waals surface area (Å²) in [6, 6.07) is 84.4. The molecule has 11 aromatic rings. The number of para-hydroxylation sites is 2.